The third-order valence-corrected chi connectivity index (χ3v) is 4.43. The first-order chi connectivity index (χ1) is 8.61. The lowest BCUT2D eigenvalue weighted by atomic mass is 10.2. The minimum Gasteiger partial charge on any atom is -0.366 e. The smallest absolute Gasteiger partial charge is 0.266 e. The van der Waals surface area contributed by atoms with Gasteiger partial charge in [0, 0.05) is 4.88 Å². The molecule has 3 N–H and O–H groups in total. The number of carbonyl (C=O) groups excluding carboxylic acids is 2. The van der Waals surface area contributed by atoms with Crippen molar-refractivity contribution in [3.63, 3.8) is 0 Å². The molecular weight excluding hydrogens is 268 g/mol. The van der Waals surface area contributed by atoms with E-state index in [2.05, 4.69) is 5.32 Å². The third kappa shape index (κ3) is 2.60. The first-order valence-electron chi connectivity index (χ1n) is 5.39. The van der Waals surface area contributed by atoms with Crippen LogP contribution < -0.4 is 11.1 Å². The lowest BCUT2D eigenvalue weighted by molar-refractivity contribution is 0.100. The van der Waals surface area contributed by atoms with Gasteiger partial charge >= 0.3 is 0 Å². The summed E-state index contributed by atoms with van der Waals surface area (Å²) in [4.78, 5) is 24.8. The van der Waals surface area contributed by atoms with Gasteiger partial charge in [0.2, 0.25) is 0 Å². The monoisotopic (exact) mass is 280 g/mol. The molecule has 6 heteroatoms. The van der Waals surface area contributed by atoms with Gasteiger partial charge in [0.15, 0.2) is 0 Å². The van der Waals surface area contributed by atoms with Crippen molar-refractivity contribution >= 4 is 39.5 Å². The van der Waals surface area contributed by atoms with Crippen LogP contribution in [-0.4, -0.2) is 11.8 Å². The lowest BCUT2D eigenvalue weighted by Gasteiger charge is -2.02. The highest BCUT2D eigenvalue weighted by molar-refractivity contribution is 7.17. The summed E-state index contributed by atoms with van der Waals surface area (Å²) in [6.45, 7) is 1.99. The van der Waals surface area contributed by atoms with Crippen molar-refractivity contribution in [2.24, 2.45) is 5.73 Å². The maximum Gasteiger partial charge on any atom is 0.266 e. The van der Waals surface area contributed by atoms with Gasteiger partial charge in [-0.25, -0.2) is 0 Å². The molecule has 0 saturated carbocycles. The van der Waals surface area contributed by atoms with E-state index in [1.807, 2.05) is 12.3 Å². The number of nitrogens with two attached hydrogens (primary N) is 1. The Morgan fingerprint density at radius 2 is 2.22 bits per heavy atom. The maximum atomic E-state index is 11.9. The fraction of sp³-hybridized carbons (Fsp3) is 0.167. The minimum atomic E-state index is -0.521. The molecule has 0 radical (unpaired) electrons. The Balaban J connectivity index is 2.25. The van der Waals surface area contributed by atoms with Gasteiger partial charge in [0.1, 0.15) is 5.00 Å². The van der Waals surface area contributed by atoms with Crippen LogP contribution in [0.2, 0.25) is 0 Å². The minimum absolute atomic E-state index is 0.211. The van der Waals surface area contributed by atoms with E-state index in [1.54, 1.807) is 18.2 Å². The number of hydrogen-bond donors (Lipinski definition) is 2. The molecule has 4 nitrogen and oxygen atoms in total. The van der Waals surface area contributed by atoms with Crippen molar-refractivity contribution in [1.82, 2.24) is 0 Å². The summed E-state index contributed by atoms with van der Waals surface area (Å²) in [7, 11) is 0. The number of rotatable bonds is 4. The SMILES string of the molecule is CCc1cc(C(N)=O)c(NC(=O)c2cccs2)s1. The van der Waals surface area contributed by atoms with Crippen molar-refractivity contribution in [3.8, 4) is 0 Å². The van der Waals surface area contributed by atoms with Crippen molar-refractivity contribution in [1.29, 1.82) is 0 Å². The van der Waals surface area contributed by atoms with Gasteiger partial charge in [-0.15, -0.1) is 22.7 Å². The molecule has 2 aromatic heterocycles. The molecule has 0 aliphatic heterocycles. The topological polar surface area (TPSA) is 72.2 Å². The number of aryl methyl sites for hydroxylation is 1. The molecule has 2 amide bonds. The van der Waals surface area contributed by atoms with Gasteiger partial charge < -0.3 is 11.1 Å². The van der Waals surface area contributed by atoms with Gasteiger partial charge in [-0.05, 0) is 23.9 Å². The number of primary amides is 1. The fourth-order valence-corrected chi connectivity index (χ4v) is 3.08. The summed E-state index contributed by atoms with van der Waals surface area (Å²) >= 11 is 2.74. The second-order valence-corrected chi connectivity index (χ2v) is 5.69. The molecule has 0 aliphatic rings. The van der Waals surface area contributed by atoms with E-state index in [4.69, 9.17) is 5.73 Å². The highest BCUT2D eigenvalue weighted by atomic mass is 32.1. The number of amides is 2. The molecule has 0 aliphatic carbocycles. The Labute approximate surface area is 112 Å². The average molecular weight is 280 g/mol. The summed E-state index contributed by atoms with van der Waals surface area (Å²) in [5.41, 5.74) is 5.67. The second kappa shape index (κ2) is 5.32. The van der Waals surface area contributed by atoms with Crippen LogP contribution in [0.25, 0.3) is 0 Å². The lowest BCUT2D eigenvalue weighted by Crippen LogP contribution is -2.15. The molecule has 2 rings (SSSR count). The standard InChI is InChI=1S/C12H12N2O2S2/c1-2-7-6-8(10(13)15)12(18-7)14-11(16)9-4-3-5-17-9/h3-6H,2H2,1H3,(H2,13,15)(H,14,16). The van der Waals surface area contributed by atoms with Crippen LogP contribution >= 0.6 is 22.7 Å². The van der Waals surface area contributed by atoms with E-state index in [0.29, 0.717) is 15.4 Å². The van der Waals surface area contributed by atoms with Gasteiger partial charge in [-0.2, -0.15) is 0 Å². The van der Waals surface area contributed by atoms with Crippen molar-refractivity contribution in [3.05, 3.63) is 38.9 Å². The predicted molar refractivity (Wildman–Crippen MR) is 74.5 cm³/mol. The second-order valence-electron chi connectivity index (χ2n) is 3.60. The highest BCUT2D eigenvalue weighted by Crippen LogP contribution is 2.29. The Morgan fingerprint density at radius 3 is 2.78 bits per heavy atom. The largest absolute Gasteiger partial charge is 0.366 e. The van der Waals surface area contributed by atoms with Crippen LogP contribution in [0.1, 0.15) is 31.8 Å². The van der Waals surface area contributed by atoms with Gasteiger partial charge in [-0.1, -0.05) is 13.0 Å². The van der Waals surface area contributed by atoms with Crippen LogP contribution in [0, 0.1) is 0 Å². The number of thiophene rings is 2. The quantitative estimate of drug-likeness (QED) is 0.903. The van der Waals surface area contributed by atoms with Gasteiger partial charge in [0.05, 0.1) is 10.4 Å². The molecule has 0 atom stereocenters. The Kier molecular flexibility index (Phi) is 3.78. The van der Waals surface area contributed by atoms with Crippen LogP contribution in [0.3, 0.4) is 0 Å². The molecule has 18 heavy (non-hydrogen) atoms. The molecule has 0 bridgehead atoms. The number of hydrogen-bond acceptors (Lipinski definition) is 4. The van der Waals surface area contributed by atoms with E-state index in [0.717, 1.165) is 11.3 Å². The zero-order valence-electron chi connectivity index (χ0n) is 9.73. The molecule has 94 valence electrons. The maximum absolute atomic E-state index is 11.9. The molecule has 2 heterocycles. The van der Waals surface area contributed by atoms with Crippen LogP contribution in [0.5, 0.6) is 0 Å². The molecule has 0 spiro atoms. The average Bonchev–Trinajstić information content (AvgIpc) is 2.97. The van der Waals surface area contributed by atoms with Crippen molar-refractivity contribution < 1.29 is 9.59 Å². The van der Waals surface area contributed by atoms with Gasteiger partial charge in [0.25, 0.3) is 11.8 Å². The summed E-state index contributed by atoms with van der Waals surface area (Å²) < 4.78 is 0. The number of anilines is 1. The molecule has 0 saturated heterocycles. The van der Waals surface area contributed by atoms with E-state index < -0.39 is 5.91 Å². The molecule has 0 unspecified atom stereocenters. The van der Waals surface area contributed by atoms with Crippen LogP contribution in [-0.2, 0) is 6.42 Å². The number of nitrogens with one attached hydrogen (secondary N) is 1. The van der Waals surface area contributed by atoms with E-state index in [9.17, 15) is 9.59 Å². The van der Waals surface area contributed by atoms with E-state index in [1.165, 1.54) is 22.7 Å². The summed E-state index contributed by atoms with van der Waals surface area (Å²) in [6.07, 6.45) is 0.805. The first kappa shape index (κ1) is 12.8. The van der Waals surface area contributed by atoms with E-state index >= 15 is 0 Å². The van der Waals surface area contributed by atoms with Crippen LogP contribution in [0.4, 0.5) is 5.00 Å². The predicted octanol–water partition coefficient (Wildman–Crippen LogP) is 2.72. The van der Waals surface area contributed by atoms with Crippen molar-refractivity contribution in [2.75, 3.05) is 5.32 Å². The Morgan fingerprint density at radius 1 is 1.44 bits per heavy atom. The van der Waals surface area contributed by atoms with Gasteiger partial charge in [-0.3, -0.25) is 9.59 Å². The van der Waals surface area contributed by atoms with Crippen LogP contribution in [0.15, 0.2) is 23.6 Å². The zero-order chi connectivity index (χ0) is 13.1. The Hall–Kier alpha value is -1.66. The third-order valence-electron chi connectivity index (χ3n) is 2.37. The summed E-state index contributed by atoms with van der Waals surface area (Å²) in [5.74, 6) is -0.732. The summed E-state index contributed by atoms with van der Waals surface area (Å²) in [5, 5.41) is 5.09. The van der Waals surface area contributed by atoms with E-state index in [-0.39, 0.29) is 5.91 Å². The highest BCUT2D eigenvalue weighted by Gasteiger charge is 2.16. The Bertz CT molecular complexity index is 573. The fourth-order valence-electron chi connectivity index (χ4n) is 1.46. The summed E-state index contributed by atoms with van der Waals surface area (Å²) in [6, 6.07) is 5.27. The number of carbonyl (C=O) groups is 2. The normalized spacial score (nSPS) is 10.3. The molecule has 2 aromatic rings. The molecule has 0 fully saturated rings. The molecular formula is C12H12N2O2S2. The zero-order valence-corrected chi connectivity index (χ0v) is 11.4. The molecule has 0 aromatic carbocycles. The first-order valence-corrected chi connectivity index (χ1v) is 7.08. The van der Waals surface area contributed by atoms with Crippen molar-refractivity contribution in [2.45, 2.75) is 13.3 Å².